The van der Waals surface area contributed by atoms with Crippen molar-refractivity contribution in [1.82, 2.24) is 5.32 Å². The highest BCUT2D eigenvalue weighted by molar-refractivity contribution is 6.42. The molecule has 0 heterocycles. The first-order valence-corrected chi connectivity index (χ1v) is 5.45. The number of ketones is 1. The Hall–Kier alpha value is -1.84. The standard InChI is InChI=1S/C13H17NO3/c1-8(2)10-7-9(5-6-11(10)17-4)12(15)13(16)14-3/h5-8H,1-4H3,(H,14,16). The van der Waals surface area contributed by atoms with E-state index in [-0.39, 0.29) is 5.92 Å². The van der Waals surface area contributed by atoms with Gasteiger partial charge >= 0.3 is 0 Å². The third-order valence-electron chi connectivity index (χ3n) is 2.55. The molecule has 0 aliphatic heterocycles. The molecule has 0 radical (unpaired) electrons. The minimum atomic E-state index is -0.607. The van der Waals surface area contributed by atoms with Crippen LogP contribution in [0.1, 0.15) is 35.7 Å². The molecule has 4 heteroatoms. The summed E-state index contributed by atoms with van der Waals surface area (Å²) in [7, 11) is 3.02. The van der Waals surface area contributed by atoms with E-state index in [0.717, 1.165) is 11.3 Å². The van der Waals surface area contributed by atoms with Gasteiger partial charge in [-0.3, -0.25) is 9.59 Å². The fourth-order valence-corrected chi connectivity index (χ4v) is 1.57. The Morgan fingerprint density at radius 3 is 2.41 bits per heavy atom. The van der Waals surface area contributed by atoms with Crippen molar-refractivity contribution in [3.63, 3.8) is 0 Å². The third-order valence-corrected chi connectivity index (χ3v) is 2.55. The fourth-order valence-electron chi connectivity index (χ4n) is 1.57. The molecule has 1 aromatic rings. The van der Waals surface area contributed by atoms with Gasteiger partial charge in [0, 0.05) is 12.6 Å². The lowest BCUT2D eigenvalue weighted by Crippen LogP contribution is -2.27. The Balaban J connectivity index is 3.16. The maximum atomic E-state index is 11.7. The van der Waals surface area contributed by atoms with Crippen molar-refractivity contribution in [1.29, 1.82) is 0 Å². The van der Waals surface area contributed by atoms with Gasteiger partial charge in [-0.05, 0) is 29.7 Å². The number of hydrogen-bond donors (Lipinski definition) is 1. The van der Waals surface area contributed by atoms with Crippen LogP contribution < -0.4 is 10.1 Å². The third kappa shape index (κ3) is 2.84. The molecule has 0 aliphatic carbocycles. The Kier molecular flexibility index (Phi) is 4.26. The van der Waals surface area contributed by atoms with Crippen LogP contribution in [-0.4, -0.2) is 25.8 Å². The first-order chi connectivity index (χ1) is 8.01. The van der Waals surface area contributed by atoms with Gasteiger partial charge in [-0.2, -0.15) is 0 Å². The van der Waals surface area contributed by atoms with E-state index in [0.29, 0.717) is 5.56 Å². The fraction of sp³-hybridized carbons (Fsp3) is 0.385. The van der Waals surface area contributed by atoms with Crippen LogP contribution in [0, 0.1) is 0 Å². The van der Waals surface area contributed by atoms with Gasteiger partial charge in [0.2, 0.25) is 5.78 Å². The largest absolute Gasteiger partial charge is 0.496 e. The van der Waals surface area contributed by atoms with Crippen LogP contribution in [-0.2, 0) is 4.79 Å². The van der Waals surface area contributed by atoms with Gasteiger partial charge < -0.3 is 10.1 Å². The van der Waals surface area contributed by atoms with Gasteiger partial charge in [0.25, 0.3) is 5.91 Å². The van der Waals surface area contributed by atoms with Gasteiger partial charge in [-0.1, -0.05) is 13.8 Å². The van der Waals surface area contributed by atoms with E-state index in [1.54, 1.807) is 25.3 Å². The number of amides is 1. The summed E-state index contributed by atoms with van der Waals surface area (Å²) in [6.45, 7) is 4.01. The number of nitrogens with one attached hydrogen (secondary N) is 1. The summed E-state index contributed by atoms with van der Waals surface area (Å²) in [6.07, 6.45) is 0. The molecular formula is C13H17NO3. The molecule has 0 unspecified atom stereocenters. The van der Waals surface area contributed by atoms with E-state index in [2.05, 4.69) is 5.32 Å². The second-order valence-corrected chi connectivity index (χ2v) is 4.02. The predicted molar refractivity (Wildman–Crippen MR) is 65.5 cm³/mol. The lowest BCUT2D eigenvalue weighted by atomic mass is 9.98. The van der Waals surface area contributed by atoms with Crippen molar-refractivity contribution < 1.29 is 14.3 Å². The molecule has 0 atom stereocenters. The van der Waals surface area contributed by atoms with Gasteiger partial charge in [-0.15, -0.1) is 0 Å². The molecule has 4 nitrogen and oxygen atoms in total. The number of carbonyl (C=O) groups is 2. The van der Waals surface area contributed by atoms with E-state index in [1.165, 1.54) is 7.05 Å². The van der Waals surface area contributed by atoms with Gasteiger partial charge in [0.15, 0.2) is 0 Å². The van der Waals surface area contributed by atoms with E-state index < -0.39 is 11.7 Å². The number of likely N-dealkylation sites (N-methyl/N-ethyl adjacent to an activating group) is 1. The van der Waals surface area contributed by atoms with Crippen molar-refractivity contribution in [2.24, 2.45) is 0 Å². The summed E-state index contributed by atoms with van der Waals surface area (Å²) in [5.74, 6) is -0.183. The van der Waals surface area contributed by atoms with Gasteiger partial charge in [0.05, 0.1) is 7.11 Å². The van der Waals surface area contributed by atoms with E-state index in [9.17, 15) is 9.59 Å². The monoisotopic (exact) mass is 235 g/mol. The van der Waals surface area contributed by atoms with E-state index in [1.807, 2.05) is 13.8 Å². The number of benzene rings is 1. The maximum Gasteiger partial charge on any atom is 0.292 e. The maximum absolute atomic E-state index is 11.7. The average molecular weight is 235 g/mol. The molecule has 1 aromatic carbocycles. The van der Waals surface area contributed by atoms with Crippen LogP contribution in [0.5, 0.6) is 5.75 Å². The molecule has 0 saturated heterocycles. The number of ether oxygens (including phenoxy) is 1. The van der Waals surface area contributed by atoms with Crippen LogP contribution in [0.15, 0.2) is 18.2 Å². The molecule has 0 aliphatic rings. The number of Topliss-reactive ketones (excluding diaryl/α,β-unsaturated/α-hetero) is 1. The van der Waals surface area contributed by atoms with Crippen molar-refractivity contribution in [2.45, 2.75) is 19.8 Å². The zero-order chi connectivity index (χ0) is 13.0. The molecular weight excluding hydrogens is 218 g/mol. The highest BCUT2D eigenvalue weighted by Gasteiger charge is 2.17. The summed E-state index contributed by atoms with van der Waals surface area (Å²) in [4.78, 5) is 23.0. The molecule has 92 valence electrons. The molecule has 0 aromatic heterocycles. The SMILES string of the molecule is CNC(=O)C(=O)c1ccc(OC)c(C(C)C)c1. The highest BCUT2D eigenvalue weighted by Crippen LogP contribution is 2.27. The predicted octanol–water partition coefficient (Wildman–Crippen LogP) is 1.75. The molecule has 1 N–H and O–H groups in total. The summed E-state index contributed by atoms with van der Waals surface area (Å²) in [6, 6.07) is 5.02. The van der Waals surface area contributed by atoms with Gasteiger partial charge in [-0.25, -0.2) is 0 Å². The quantitative estimate of drug-likeness (QED) is 0.639. The molecule has 1 rings (SSSR count). The summed E-state index contributed by atoms with van der Waals surface area (Å²) in [5.41, 5.74) is 1.30. The van der Waals surface area contributed by atoms with Crippen LogP contribution in [0.2, 0.25) is 0 Å². The minimum absolute atomic E-state index is 0.224. The molecule has 0 fully saturated rings. The molecule has 0 saturated carbocycles. The second kappa shape index (κ2) is 5.48. The van der Waals surface area contributed by atoms with Crippen LogP contribution in [0.25, 0.3) is 0 Å². The summed E-state index contributed by atoms with van der Waals surface area (Å²) < 4.78 is 5.22. The van der Waals surface area contributed by atoms with E-state index in [4.69, 9.17) is 4.74 Å². The molecule has 0 bridgehead atoms. The number of rotatable bonds is 4. The van der Waals surface area contributed by atoms with Gasteiger partial charge in [0.1, 0.15) is 5.75 Å². The van der Waals surface area contributed by atoms with Crippen LogP contribution in [0.3, 0.4) is 0 Å². The number of carbonyl (C=O) groups excluding carboxylic acids is 2. The van der Waals surface area contributed by atoms with Crippen LogP contribution in [0.4, 0.5) is 0 Å². The van der Waals surface area contributed by atoms with Crippen molar-refractivity contribution >= 4 is 11.7 Å². The Labute approximate surface area is 101 Å². The van der Waals surface area contributed by atoms with Crippen molar-refractivity contribution in [3.8, 4) is 5.75 Å². The Bertz CT molecular complexity index is 438. The van der Waals surface area contributed by atoms with E-state index >= 15 is 0 Å². The first-order valence-electron chi connectivity index (χ1n) is 5.45. The summed E-state index contributed by atoms with van der Waals surface area (Å²) >= 11 is 0. The average Bonchev–Trinajstić information content (AvgIpc) is 2.35. The number of hydrogen-bond acceptors (Lipinski definition) is 3. The Morgan fingerprint density at radius 2 is 1.94 bits per heavy atom. The lowest BCUT2D eigenvalue weighted by Gasteiger charge is -2.12. The smallest absolute Gasteiger partial charge is 0.292 e. The second-order valence-electron chi connectivity index (χ2n) is 4.02. The van der Waals surface area contributed by atoms with Crippen molar-refractivity contribution in [2.75, 3.05) is 14.2 Å². The molecule has 17 heavy (non-hydrogen) atoms. The minimum Gasteiger partial charge on any atom is -0.496 e. The number of methoxy groups -OCH3 is 1. The highest BCUT2D eigenvalue weighted by atomic mass is 16.5. The topological polar surface area (TPSA) is 55.4 Å². The van der Waals surface area contributed by atoms with Crippen LogP contribution >= 0.6 is 0 Å². The molecule has 0 spiro atoms. The lowest BCUT2D eigenvalue weighted by molar-refractivity contribution is -0.116. The zero-order valence-electron chi connectivity index (χ0n) is 10.5. The van der Waals surface area contributed by atoms with Crippen molar-refractivity contribution in [3.05, 3.63) is 29.3 Å². The zero-order valence-corrected chi connectivity index (χ0v) is 10.5. The normalized spacial score (nSPS) is 10.2. The summed E-state index contributed by atoms with van der Waals surface area (Å²) in [5, 5.41) is 2.32. The molecule has 1 amide bonds. The Morgan fingerprint density at radius 1 is 1.29 bits per heavy atom. The first kappa shape index (κ1) is 13.2.